The first-order valence-corrected chi connectivity index (χ1v) is 6.13. The minimum Gasteiger partial charge on any atom is -0.393 e. The molecule has 0 bridgehead atoms. The first-order chi connectivity index (χ1) is 8.51. The van der Waals surface area contributed by atoms with E-state index in [0.717, 1.165) is 0 Å². The number of nitrogen functional groups attached to an aromatic ring is 1. The quantitative estimate of drug-likeness (QED) is 0.809. The smallest absolute Gasteiger partial charge is 0.242 e. The van der Waals surface area contributed by atoms with Crippen LogP contribution in [-0.2, 0) is 4.79 Å². The Labute approximate surface area is 112 Å². The van der Waals surface area contributed by atoms with Gasteiger partial charge in [-0.3, -0.25) is 4.79 Å². The standard InChI is InChI=1S/C11H18ClN5O/c1-4-17(5-2)8(18)6-16(3)11-9(13)10(12)14-7-15-11/h7H,4-6,13H2,1-3H3. The number of nitrogens with zero attached hydrogens (tertiary/aromatic N) is 4. The average molecular weight is 272 g/mol. The number of hydrogen-bond acceptors (Lipinski definition) is 5. The molecule has 1 aromatic rings. The Morgan fingerprint density at radius 2 is 2.00 bits per heavy atom. The van der Waals surface area contributed by atoms with Crippen LogP contribution in [0.5, 0.6) is 0 Å². The zero-order valence-corrected chi connectivity index (χ0v) is 11.6. The first-order valence-electron chi connectivity index (χ1n) is 5.76. The Balaban J connectivity index is 2.79. The lowest BCUT2D eigenvalue weighted by Gasteiger charge is -2.24. The van der Waals surface area contributed by atoms with Crippen LogP contribution >= 0.6 is 11.6 Å². The summed E-state index contributed by atoms with van der Waals surface area (Å²) in [6, 6.07) is 0. The summed E-state index contributed by atoms with van der Waals surface area (Å²) >= 11 is 5.81. The topological polar surface area (TPSA) is 75.4 Å². The van der Waals surface area contributed by atoms with Crippen molar-refractivity contribution in [3.63, 3.8) is 0 Å². The van der Waals surface area contributed by atoms with Crippen molar-refractivity contribution in [1.29, 1.82) is 0 Å². The third-order valence-electron chi connectivity index (χ3n) is 2.66. The lowest BCUT2D eigenvalue weighted by atomic mass is 10.4. The third-order valence-corrected chi connectivity index (χ3v) is 2.97. The summed E-state index contributed by atoms with van der Waals surface area (Å²) in [7, 11) is 1.75. The fourth-order valence-electron chi connectivity index (χ4n) is 1.62. The van der Waals surface area contributed by atoms with E-state index in [-0.39, 0.29) is 23.3 Å². The molecule has 0 spiro atoms. The molecule has 1 heterocycles. The number of carbonyl (C=O) groups is 1. The van der Waals surface area contributed by atoms with Crippen molar-refractivity contribution in [3.05, 3.63) is 11.5 Å². The summed E-state index contributed by atoms with van der Waals surface area (Å²) < 4.78 is 0. The second kappa shape index (κ2) is 6.39. The molecule has 7 heteroatoms. The van der Waals surface area contributed by atoms with Crippen LogP contribution in [0.3, 0.4) is 0 Å². The van der Waals surface area contributed by atoms with Gasteiger partial charge in [-0.1, -0.05) is 11.6 Å². The van der Waals surface area contributed by atoms with E-state index in [9.17, 15) is 4.79 Å². The number of rotatable bonds is 5. The maximum Gasteiger partial charge on any atom is 0.242 e. The molecular formula is C11H18ClN5O. The van der Waals surface area contributed by atoms with Gasteiger partial charge in [0.2, 0.25) is 5.91 Å². The van der Waals surface area contributed by atoms with E-state index in [2.05, 4.69) is 9.97 Å². The van der Waals surface area contributed by atoms with E-state index in [0.29, 0.717) is 18.9 Å². The molecule has 1 rings (SSSR count). The molecule has 0 saturated carbocycles. The lowest BCUT2D eigenvalue weighted by molar-refractivity contribution is -0.129. The van der Waals surface area contributed by atoms with Crippen molar-refractivity contribution in [3.8, 4) is 0 Å². The van der Waals surface area contributed by atoms with Crippen LogP contribution in [-0.4, -0.2) is 47.5 Å². The van der Waals surface area contributed by atoms with E-state index in [1.807, 2.05) is 13.8 Å². The summed E-state index contributed by atoms with van der Waals surface area (Å²) in [6.07, 6.45) is 1.33. The molecular weight excluding hydrogens is 254 g/mol. The maximum atomic E-state index is 12.0. The van der Waals surface area contributed by atoms with Crippen molar-refractivity contribution in [2.24, 2.45) is 0 Å². The van der Waals surface area contributed by atoms with Crippen LogP contribution < -0.4 is 10.6 Å². The van der Waals surface area contributed by atoms with Gasteiger partial charge in [-0.2, -0.15) is 0 Å². The van der Waals surface area contributed by atoms with Gasteiger partial charge in [0.25, 0.3) is 0 Å². The predicted octanol–water partition coefficient (Wildman–Crippen LogP) is 1.02. The fourth-order valence-corrected chi connectivity index (χ4v) is 1.75. The molecule has 1 amide bonds. The molecule has 2 N–H and O–H groups in total. The van der Waals surface area contributed by atoms with Gasteiger partial charge in [-0.25, -0.2) is 9.97 Å². The van der Waals surface area contributed by atoms with E-state index in [1.54, 1.807) is 16.8 Å². The Hall–Kier alpha value is -1.56. The van der Waals surface area contributed by atoms with Crippen LogP contribution in [0.15, 0.2) is 6.33 Å². The number of nitrogens with two attached hydrogens (primary N) is 1. The van der Waals surface area contributed by atoms with Crippen LogP contribution in [0, 0.1) is 0 Å². The van der Waals surface area contributed by atoms with Crippen molar-refractivity contribution in [1.82, 2.24) is 14.9 Å². The highest BCUT2D eigenvalue weighted by molar-refractivity contribution is 6.32. The molecule has 1 aromatic heterocycles. The molecule has 0 aliphatic carbocycles. The van der Waals surface area contributed by atoms with Crippen LogP contribution in [0.25, 0.3) is 0 Å². The van der Waals surface area contributed by atoms with Crippen LogP contribution in [0.2, 0.25) is 5.15 Å². The summed E-state index contributed by atoms with van der Waals surface area (Å²) in [5.74, 6) is 0.493. The highest BCUT2D eigenvalue weighted by Gasteiger charge is 2.16. The molecule has 0 fully saturated rings. The van der Waals surface area contributed by atoms with Crippen molar-refractivity contribution < 1.29 is 4.79 Å². The van der Waals surface area contributed by atoms with Gasteiger partial charge < -0.3 is 15.5 Å². The molecule has 100 valence electrons. The SMILES string of the molecule is CCN(CC)C(=O)CN(C)c1ncnc(Cl)c1N. The molecule has 0 radical (unpaired) electrons. The summed E-state index contributed by atoms with van der Waals surface area (Å²) in [4.78, 5) is 23.2. The van der Waals surface area contributed by atoms with Gasteiger partial charge >= 0.3 is 0 Å². The fraction of sp³-hybridized carbons (Fsp3) is 0.545. The van der Waals surface area contributed by atoms with Gasteiger partial charge in [0.15, 0.2) is 11.0 Å². The minimum atomic E-state index is 0.0247. The van der Waals surface area contributed by atoms with Crippen LogP contribution in [0.4, 0.5) is 11.5 Å². The number of anilines is 2. The summed E-state index contributed by atoms with van der Waals surface area (Å²) in [5.41, 5.74) is 6.06. The number of likely N-dealkylation sites (N-methyl/N-ethyl adjacent to an activating group) is 2. The number of aromatic nitrogens is 2. The third kappa shape index (κ3) is 3.22. The molecule has 18 heavy (non-hydrogen) atoms. The molecule has 0 aliphatic rings. The van der Waals surface area contributed by atoms with Gasteiger partial charge in [-0.15, -0.1) is 0 Å². The summed E-state index contributed by atoms with van der Waals surface area (Å²) in [5, 5.41) is 0.196. The molecule has 0 aromatic carbocycles. The first kappa shape index (κ1) is 14.5. The number of hydrogen-bond donors (Lipinski definition) is 1. The van der Waals surface area contributed by atoms with Crippen molar-refractivity contribution in [2.45, 2.75) is 13.8 Å². The largest absolute Gasteiger partial charge is 0.393 e. The molecule has 0 saturated heterocycles. The number of amides is 1. The lowest BCUT2D eigenvalue weighted by Crippen LogP contribution is -2.39. The molecule has 0 atom stereocenters. The Kier molecular flexibility index (Phi) is 5.15. The number of carbonyl (C=O) groups excluding carboxylic acids is 1. The predicted molar refractivity (Wildman–Crippen MR) is 72.7 cm³/mol. The van der Waals surface area contributed by atoms with Crippen molar-refractivity contribution >= 4 is 29.0 Å². The highest BCUT2D eigenvalue weighted by Crippen LogP contribution is 2.24. The second-order valence-corrected chi connectivity index (χ2v) is 4.18. The monoisotopic (exact) mass is 271 g/mol. The highest BCUT2D eigenvalue weighted by atomic mass is 35.5. The van der Waals surface area contributed by atoms with Gasteiger partial charge in [0.1, 0.15) is 12.0 Å². The number of halogens is 1. The second-order valence-electron chi connectivity index (χ2n) is 3.82. The summed E-state index contributed by atoms with van der Waals surface area (Å²) in [6.45, 7) is 5.46. The van der Waals surface area contributed by atoms with Crippen LogP contribution in [0.1, 0.15) is 13.8 Å². The average Bonchev–Trinajstić information content (AvgIpc) is 2.34. The van der Waals surface area contributed by atoms with Gasteiger partial charge in [0, 0.05) is 20.1 Å². The van der Waals surface area contributed by atoms with E-state index < -0.39 is 0 Å². The Morgan fingerprint density at radius 3 is 2.56 bits per heavy atom. The normalized spacial score (nSPS) is 10.2. The molecule has 0 aliphatic heterocycles. The zero-order chi connectivity index (χ0) is 13.7. The zero-order valence-electron chi connectivity index (χ0n) is 10.9. The molecule has 0 unspecified atom stereocenters. The van der Waals surface area contributed by atoms with Gasteiger partial charge in [-0.05, 0) is 13.8 Å². The maximum absolute atomic E-state index is 12.0. The Bertz CT molecular complexity index is 422. The molecule has 6 nitrogen and oxygen atoms in total. The van der Waals surface area contributed by atoms with E-state index in [1.165, 1.54) is 6.33 Å². The van der Waals surface area contributed by atoms with Crippen molar-refractivity contribution in [2.75, 3.05) is 37.3 Å². The Morgan fingerprint density at radius 1 is 1.39 bits per heavy atom. The van der Waals surface area contributed by atoms with E-state index >= 15 is 0 Å². The van der Waals surface area contributed by atoms with Gasteiger partial charge in [0.05, 0.1) is 6.54 Å². The van der Waals surface area contributed by atoms with E-state index in [4.69, 9.17) is 17.3 Å². The minimum absolute atomic E-state index is 0.0247.